The summed E-state index contributed by atoms with van der Waals surface area (Å²) in [6.45, 7) is 3.64. The lowest BCUT2D eigenvalue weighted by Gasteiger charge is -2.48. The fraction of sp³-hybridized carbons (Fsp3) is 0.440. The van der Waals surface area contributed by atoms with Crippen molar-refractivity contribution in [2.24, 2.45) is 0 Å². The molecule has 22 heteroatoms. The van der Waals surface area contributed by atoms with Crippen molar-refractivity contribution in [1.29, 1.82) is 0 Å². The van der Waals surface area contributed by atoms with Crippen molar-refractivity contribution in [3.05, 3.63) is 139 Å². The highest BCUT2D eigenvalue weighted by Gasteiger charge is 2.50. The molecular formula is C50H60Cl4N4O12S2. The Labute approximate surface area is 442 Å². The van der Waals surface area contributed by atoms with Crippen molar-refractivity contribution >= 4 is 90.2 Å². The molecular weight excluding hydrogens is 1050 g/mol. The van der Waals surface area contributed by atoms with Gasteiger partial charge in [0.1, 0.15) is 24.4 Å². The number of sulfonamides is 2. The number of rotatable bonds is 18. The van der Waals surface area contributed by atoms with Crippen LogP contribution in [0.15, 0.2) is 97.1 Å². The third-order valence-electron chi connectivity index (χ3n) is 12.4. The molecule has 2 saturated heterocycles. The fourth-order valence-electron chi connectivity index (χ4n) is 8.53. The van der Waals surface area contributed by atoms with Gasteiger partial charge in [-0.2, -0.15) is 0 Å². The van der Waals surface area contributed by atoms with E-state index < -0.39 is 92.4 Å². The minimum absolute atomic E-state index is 0.292. The molecule has 2 fully saturated rings. The predicted octanol–water partition coefficient (Wildman–Crippen LogP) is 8.47. The van der Waals surface area contributed by atoms with Crippen LogP contribution < -0.4 is 0 Å². The van der Waals surface area contributed by atoms with Crippen LogP contribution in [0, 0.1) is 0 Å². The number of morpholine rings is 2. The van der Waals surface area contributed by atoms with Crippen LogP contribution in [0.2, 0.25) is 20.1 Å². The van der Waals surface area contributed by atoms with Crippen LogP contribution in [0.5, 0.6) is 0 Å². The second-order valence-electron chi connectivity index (χ2n) is 17.5. The lowest BCUT2D eigenvalue weighted by molar-refractivity contribution is -0.183. The Kier molecular flexibility index (Phi) is 20.9. The molecule has 16 nitrogen and oxygen atoms in total. The molecule has 0 spiro atoms. The molecule has 0 radical (unpaired) electrons. The van der Waals surface area contributed by atoms with E-state index in [1.807, 2.05) is 26.0 Å². The molecule has 0 unspecified atom stereocenters. The molecule has 72 heavy (non-hydrogen) atoms. The van der Waals surface area contributed by atoms with Gasteiger partial charge in [-0.15, -0.1) is 0 Å². The number of amides is 2. The van der Waals surface area contributed by atoms with Gasteiger partial charge in [0.2, 0.25) is 20.0 Å². The predicted molar refractivity (Wildman–Crippen MR) is 277 cm³/mol. The largest absolute Gasteiger partial charge is 0.469 e. The highest BCUT2D eigenvalue weighted by Crippen LogP contribution is 2.47. The first-order valence-electron chi connectivity index (χ1n) is 22.9. The third-order valence-corrected chi connectivity index (χ3v) is 17.3. The van der Waals surface area contributed by atoms with E-state index in [2.05, 4.69) is 0 Å². The van der Waals surface area contributed by atoms with E-state index in [1.165, 1.54) is 42.4 Å². The summed E-state index contributed by atoms with van der Waals surface area (Å²) in [5, 5.41) is 1.97. The van der Waals surface area contributed by atoms with Crippen molar-refractivity contribution in [2.45, 2.75) is 88.1 Å². The maximum absolute atomic E-state index is 13.9. The van der Waals surface area contributed by atoms with Gasteiger partial charge >= 0.3 is 11.9 Å². The number of carbonyl (C=O) groups excluding carboxylic acids is 4. The minimum Gasteiger partial charge on any atom is -0.469 e. The number of esters is 2. The molecule has 0 aliphatic carbocycles. The van der Waals surface area contributed by atoms with Gasteiger partial charge in [0.15, 0.2) is 0 Å². The van der Waals surface area contributed by atoms with Crippen LogP contribution in [-0.2, 0) is 58.2 Å². The van der Waals surface area contributed by atoms with Gasteiger partial charge in [-0.25, -0.2) is 25.4 Å². The van der Waals surface area contributed by atoms with Gasteiger partial charge in [0.25, 0.3) is 11.8 Å². The van der Waals surface area contributed by atoms with Crippen molar-refractivity contribution < 1.29 is 55.0 Å². The summed E-state index contributed by atoms with van der Waals surface area (Å²) >= 11 is 24.8. The van der Waals surface area contributed by atoms with Gasteiger partial charge < -0.3 is 28.7 Å². The van der Waals surface area contributed by atoms with E-state index in [0.717, 1.165) is 8.61 Å². The molecule has 392 valence electrons. The van der Waals surface area contributed by atoms with Gasteiger partial charge in [-0.05, 0) is 83.6 Å². The minimum atomic E-state index is -3.66. The van der Waals surface area contributed by atoms with Crippen LogP contribution in [-0.4, -0.2) is 137 Å². The van der Waals surface area contributed by atoms with Crippen molar-refractivity contribution in [3.8, 4) is 0 Å². The van der Waals surface area contributed by atoms with Crippen molar-refractivity contribution in [2.75, 3.05) is 53.9 Å². The number of ether oxygens (including phenoxy) is 4. The molecule has 0 saturated carbocycles. The average Bonchev–Trinajstić information content (AvgIpc) is 3.34. The van der Waals surface area contributed by atoms with E-state index in [4.69, 9.17) is 65.4 Å². The molecule has 6 rings (SSSR count). The fourth-order valence-corrected chi connectivity index (χ4v) is 11.5. The molecule has 2 aliphatic heterocycles. The molecule has 8 atom stereocenters. The quantitative estimate of drug-likeness (QED) is 0.0867. The number of methoxy groups -OCH3 is 2. The Bertz CT molecular complexity index is 2570. The van der Waals surface area contributed by atoms with Gasteiger partial charge in [0.05, 0.1) is 50.7 Å². The van der Waals surface area contributed by atoms with E-state index in [1.54, 1.807) is 94.7 Å². The van der Waals surface area contributed by atoms with Crippen LogP contribution >= 0.6 is 46.4 Å². The van der Waals surface area contributed by atoms with E-state index in [-0.39, 0.29) is 24.3 Å². The van der Waals surface area contributed by atoms with Gasteiger partial charge in [-0.3, -0.25) is 19.2 Å². The first kappa shape index (κ1) is 58.5. The Morgan fingerprint density at radius 1 is 0.556 bits per heavy atom. The average molecular weight is 1110 g/mol. The number of carbonyl (C=O) groups is 4. The maximum atomic E-state index is 13.9. The lowest BCUT2D eigenvalue weighted by atomic mass is 9.89. The highest BCUT2D eigenvalue weighted by molar-refractivity contribution is 7.89. The van der Waals surface area contributed by atoms with Crippen LogP contribution in [0.3, 0.4) is 0 Å². The summed E-state index contributed by atoms with van der Waals surface area (Å²) in [6, 6.07) is 25.2. The summed E-state index contributed by atoms with van der Waals surface area (Å²) in [5.41, 5.74) is 2.77. The number of benzene rings is 4. The second-order valence-corrected chi connectivity index (χ2v) is 23.7. The van der Waals surface area contributed by atoms with Gasteiger partial charge in [0, 0.05) is 60.4 Å². The zero-order chi connectivity index (χ0) is 53.2. The Morgan fingerprint density at radius 2 is 0.889 bits per heavy atom. The van der Waals surface area contributed by atoms with Crippen LogP contribution in [0.1, 0.15) is 86.1 Å². The SMILES string of the molecule is CC[C@@H](CS(=O)(=O)N(C)C)N1C(=O)[C@@H](CC(=O)OC)O[C@H](c2cccc(Cl)c2)[C@H]1c1ccc(Cl)cc1.CC[C@@H](CS(=O)(=O)N(C)C)N1C(=O)[C@H](CC(=O)OC)O[C@H](c2cccc(Cl)c2)[C@H]1c1ccc(Cl)cc1. The number of nitrogens with zero attached hydrogens (tertiary/aromatic N) is 4. The molecule has 0 N–H and O–H groups in total. The van der Waals surface area contributed by atoms with Crippen LogP contribution in [0.25, 0.3) is 0 Å². The van der Waals surface area contributed by atoms with E-state index in [9.17, 15) is 36.0 Å². The molecule has 0 aromatic heterocycles. The molecule has 4 aromatic carbocycles. The topological polar surface area (TPSA) is 186 Å². The summed E-state index contributed by atoms with van der Waals surface area (Å²) in [5.74, 6) is -2.79. The smallest absolute Gasteiger partial charge is 0.308 e. The standard InChI is InChI=1S/2C25H30Cl2N2O6S/c2*1-5-20(15-36(32,33)28(2)3)29-23(16-9-11-18(26)12-10-16)24(17-7-6-8-19(27)13-17)35-21(25(29)31)14-22(30)34-4/h2*6-13,20-21,23-24H,5,14-15H2,1-4H3/t20-,21+,23+,24+;20-,21-,23+,24+/m00/s1. The number of halogens is 4. The molecule has 0 bridgehead atoms. The first-order valence-corrected chi connectivity index (χ1v) is 27.6. The van der Waals surface area contributed by atoms with Gasteiger partial charge in [-0.1, -0.05) is 109 Å². The zero-order valence-electron chi connectivity index (χ0n) is 41.1. The Balaban J connectivity index is 0.000000267. The summed E-state index contributed by atoms with van der Waals surface area (Å²) in [4.78, 5) is 55.1. The normalized spacial score (nSPS) is 21.5. The van der Waals surface area contributed by atoms with Crippen molar-refractivity contribution in [1.82, 2.24) is 18.4 Å². The first-order chi connectivity index (χ1) is 34.0. The highest BCUT2D eigenvalue weighted by atomic mass is 35.5. The molecule has 4 aromatic rings. The van der Waals surface area contributed by atoms with Crippen molar-refractivity contribution in [3.63, 3.8) is 0 Å². The monoisotopic (exact) mass is 1110 g/mol. The molecule has 2 amide bonds. The Hall–Kier alpha value is -4.34. The third kappa shape index (κ3) is 14.5. The molecule has 2 heterocycles. The van der Waals surface area contributed by atoms with E-state index in [0.29, 0.717) is 55.2 Å². The molecule has 2 aliphatic rings. The Morgan fingerprint density at radius 3 is 1.17 bits per heavy atom. The maximum Gasteiger partial charge on any atom is 0.308 e. The summed E-state index contributed by atoms with van der Waals surface area (Å²) in [6.07, 6.45) is -3.73. The second kappa shape index (κ2) is 25.7. The number of hydrogen-bond acceptors (Lipinski definition) is 12. The van der Waals surface area contributed by atoms with E-state index >= 15 is 0 Å². The number of hydrogen-bond donors (Lipinski definition) is 0. The van der Waals surface area contributed by atoms with Crippen LogP contribution in [0.4, 0.5) is 0 Å². The summed E-state index contributed by atoms with van der Waals surface area (Å²) < 4.78 is 75.9. The lowest BCUT2D eigenvalue weighted by Crippen LogP contribution is -2.57. The summed E-state index contributed by atoms with van der Waals surface area (Å²) in [7, 11) is 0.951. The zero-order valence-corrected chi connectivity index (χ0v) is 45.8.